The summed E-state index contributed by atoms with van der Waals surface area (Å²) in [6.45, 7) is 0.198. The number of rotatable bonds is 5. The van der Waals surface area contributed by atoms with Gasteiger partial charge in [0.2, 0.25) is 0 Å². The fourth-order valence-corrected chi connectivity index (χ4v) is 0.339. The Morgan fingerprint density at radius 1 is 1.44 bits per heavy atom. The molecule has 0 aromatic carbocycles. The van der Waals surface area contributed by atoms with Crippen LogP contribution < -0.4 is 0 Å². The van der Waals surface area contributed by atoms with Crippen LogP contribution in [-0.4, -0.2) is 38.6 Å². The zero-order valence-electron chi connectivity index (χ0n) is 5.66. The number of methoxy groups -OCH3 is 1. The fraction of sp³-hybridized carbons (Fsp3) is 1.00. The smallest absolute Gasteiger partial charge is 0.111 e. The van der Waals surface area contributed by atoms with E-state index in [0.717, 1.165) is 0 Å². The lowest BCUT2D eigenvalue weighted by atomic mass is 10.4. The lowest BCUT2D eigenvalue weighted by molar-refractivity contribution is -0.287. The van der Waals surface area contributed by atoms with Crippen LogP contribution >= 0.6 is 0 Å². The molecule has 1 unspecified atom stereocenters. The van der Waals surface area contributed by atoms with Gasteiger partial charge in [0, 0.05) is 7.11 Å². The first-order valence-corrected chi connectivity index (χ1v) is 2.64. The molecule has 9 heavy (non-hydrogen) atoms. The highest BCUT2D eigenvalue weighted by Crippen LogP contribution is 1.88. The van der Waals surface area contributed by atoms with E-state index in [1.54, 1.807) is 0 Å². The Morgan fingerprint density at radius 3 is 2.44 bits per heavy atom. The first-order chi connectivity index (χ1) is 4.35. The van der Waals surface area contributed by atoms with Crippen LogP contribution in [0.3, 0.4) is 0 Å². The van der Waals surface area contributed by atoms with Gasteiger partial charge in [-0.1, -0.05) is 0 Å². The molecule has 1 atom stereocenters. The summed E-state index contributed by atoms with van der Waals surface area (Å²) in [5, 5.41) is 8.49. The van der Waals surface area contributed by atoms with Gasteiger partial charge in [0.1, 0.15) is 12.7 Å². The van der Waals surface area contributed by atoms with Crippen LogP contribution in [0, 0.1) is 0 Å². The second kappa shape index (κ2) is 5.97. The summed E-state index contributed by atoms with van der Waals surface area (Å²) in [4.78, 5) is 8.78. The first-order valence-electron chi connectivity index (χ1n) is 2.64. The molecule has 0 rings (SSSR count). The van der Waals surface area contributed by atoms with Gasteiger partial charge in [0.15, 0.2) is 0 Å². The predicted molar refractivity (Wildman–Crippen MR) is 30.8 cm³/mol. The highest BCUT2D eigenvalue weighted by Gasteiger charge is 2.03. The van der Waals surface area contributed by atoms with Crippen LogP contribution in [0.15, 0.2) is 0 Å². The monoisotopic (exact) mass is 136 g/mol. The van der Waals surface area contributed by atoms with Crippen LogP contribution in [0.5, 0.6) is 0 Å². The summed E-state index contributed by atoms with van der Waals surface area (Å²) in [5.41, 5.74) is 0. The van der Waals surface area contributed by atoms with Gasteiger partial charge in [-0.2, -0.15) is 0 Å². The molecule has 4 heteroatoms. The number of aliphatic hydroxyl groups is 1. The third kappa shape index (κ3) is 4.35. The molecule has 0 radical (unpaired) electrons. The predicted octanol–water partition coefficient (Wildman–Crippen LogP) is -0.428. The number of aliphatic hydroxyl groups excluding tert-OH is 1. The summed E-state index contributed by atoms with van der Waals surface area (Å²) >= 11 is 0. The summed E-state index contributed by atoms with van der Waals surface area (Å²) in [6, 6.07) is 0. The lowest BCUT2D eigenvalue weighted by Crippen LogP contribution is -2.21. The van der Waals surface area contributed by atoms with Gasteiger partial charge in [-0.3, -0.25) is 0 Å². The van der Waals surface area contributed by atoms with E-state index in [2.05, 4.69) is 9.78 Å². The van der Waals surface area contributed by atoms with Crippen molar-refractivity contribution < 1.29 is 19.6 Å². The molecule has 0 spiro atoms. The van der Waals surface area contributed by atoms with Gasteiger partial charge in [-0.05, 0) is 0 Å². The molecule has 0 fully saturated rings. The molecule has 4 nitrogen and oxygen atoms in total. The van der Waals surface area contributed by atoms with Crippen LogP contribution in [0.25, 0.3) is 0 Å². The number of hydrogen-bond acceptors (Lipinski definition) is 4. The maximum absolute atomic E-state index is 8.49. The van der Waals surface area contributed by atoms with Crippen LogP contribution in [0.4, 0.5) is 0 Å². The molecule has 0 aliphatic rings. The van der Waals surface area contributed by atoms with Crippen molar-refractivity contribution in [3.05, 3.63) is 0 Å². The first kappa shape index (κ1) is 8.84. The van der Waals surface area contributed by atoms with Crippen molar-refractivity contribution in [3.63, 3.8) is 0 Å². The summed E-state index contributed by atoms with van der Waals surface area (Å²) < 4.78 is 4.75. The van der Waals surface area contributed by atoms with Crippen LogP contribution in [0.2, 0.25) is 0 Å². The van der Waals surface area contributed by atoms with E-state index in [4.69, 9.17) is 9.84 Å². The summed E-state index contributed by atoms with van der Waals surface area (Å²) in [7, 11) is 2.91. The molecule has 1 N–H and O–H groups in total. The van der Waals surface area contributed by atoms with Crippen molar-refractivity contribution >= 4 is 0 Å². The minimum absolute atomic E-state index is 0.0557. The quantitative estimate of drug-likeness (QED) is 0.411. The second-order valence-electron chi connectivity index (χ2n) is 1.49. The fourth-order valence-electron chi connectivity index (χ4n) is 0.339. The topological polar surface area (TPSA) is 47.9 Å². The Balaban J connectivity index is 3.09. The van der Waals surface area contributed by atoms with Crippen LogP contribution in [-0.2, 0) is 14.5 Å². The SMILES string of the molecule is COOCC(CO)OC. The van der Waals surface area contributed by atoms with Crippen LogP contribution in [0.1, 0.15) is 0 Å². The maximum atomic E-state index is 8.49. The van der Waals surface area contributed by atoms with E-state index in [-0.39, 0.29) is 19.3 Å². The Kier molecular flexibility index (Phi) is 5.86. The molecular weight excluding hydrogens is 124 g/mol. The van der Waals surface area contributed by atoms with Crippen molar-refractivity contribution in [1.82, 2.24) is 0 Å². The molecular formula is C5H12O4. The van der Waals surface area contributed by atoms with Gasteiger partial charge >= 0.3 is 0 Å². The van der Waals surface area contributed by atoms with Gasteiger partial charge in [-0.25, -0.2) is 9.78 Å². The van der Waals surface area contributed by atoms with E-state index >= 15 is 0 Å². The Hall–Kier alpha value is -0.160. The lowest BCUT2D eigenvalue weighted by Gasteiger charge is -2.09. The zero-order valence-corrected chi connectivity index (χ0v) is 5.66. The van der Waals surface area contributed by atoms with E-state index in [1.807, 2.05) is 0 Å². The van der Waals surface area contributed by atoms with Crippen molar-refractivity contribution in [2.45, 2.75) is 6.10 Å². The minimum atomic E-state index is -0.287. The largest absolute Gasteiger partial charge is 0.394 e. The Bertz CT molecular complexity index is 52.9. The highest BCUT2D eigenvalue weighted by atomic mass is 17.2. The molecule has 0 aromatic heterocycles. The molecule has 0 aliphatic heterocycles. The van der Waals surface area contributed by atoms with Gasteiger partial charge in [0.25, 0.3) is 0 Å². The molecule has 0 amide bonds. The third-order valence-electron chi connectivity index (χ3n) is 0.909. The van der Waals surface area contributed by atoms with E-state index in [0.29, 0.717) is 0 Å². The molecule has 0 bridgehead atoms. The third-order valence-corrected chi connectivity index (χ3v) is 0.909. The van der Waals surface area contributed by atoms with Crippen molar-refractivity contribution in [2.24, 2.45) is 0 Å². The average molecular weight is 136 g/mol. The Labute approximate surface area is 54.3 Å². The normalized spacial score (nSPS) is 13.7. The van der Waals surface area contributed by atoms with Crippen molar-refractivity contribution in [3.8, 4) is 0 Å². The van der Waals surface area contributed by atoms with E-state index < -0.39 is 0 Å². The Morgan fingerprint density at radius 2 is 2.11 bits per heavy atom. The molecule has 0 saturated heterocycles. The van der Waals surface area contributed by atoms with Crippen molar-refractivity contribution in [2.75, 3.05) is 27.4 Å². The molecule has 56 valence electrons. The second-order valence-corrected chi connectivity index (χ2v) is 1.49. The van der Waals surface area contributed by atoms with Gasteiger partial charge in [-0.15, -0.1) is 0 Å². The molecule has 0 heterocycles. The van der Waals surface area contributed by atoms with Gasteiger partial charge < -0.3 is 9.84 Å². The maximum Gasteiger partial charge on any atom is 0.111 e. The minimum Gasteiger partial charge on any atom is -0.394 e. The van der Waals surface area contributed by atoms with E-state index in [9.17, 15) is 0 Å². The number of ether oxygens (including phenoxy) is 1. The standard InChI is InChI=1S/C5H12O4/c1-7-5(3-6)4-9-8-2/h5-6H,3-4H2,1-2H3. The van der Waals surface area contributed by atoms with Crippen molar-refractivity contribution in [1.29, 1.82) is 0 Å². The van der Waals surface area contributed by atoms with E-state index in [1.165, 1.54) is 14.2 Å². The molecule has 0 saturated carbocycles. The van der Waals surface area contributed by atoms with Gasteiger partial charge in [0.05, 0.1) is 13.7 Å². The number of hydrogen-bond donors (Lipinski definition) is 1. The summed E-state index contributed by atoms with van der Waals surface area (Å²) in [6.07, 6.45) is -0.287. The summed E-state index contributed by atoms with van der Waals surface area (Å²) in [5.74, 6) is 0. The zero-order chi connectivity index (χ0) is 7.11. The molecule has 0 aromatic rings. The highest BCUT2D eigenvalue weighted by molar-refractivity contribution is 4.49. The average Bonchev–Trinajstić information content (AvgIpc) is 1.91. The molecule has 0 aliphatic carbocycles.